The van der Waals surface area contributed by atoms with Crippen LogP contribution in [0.2, 0.25) is 0 Å². The molecule has 19 heavy (non-hydrogen) atoms. The van der Waals surface area contributed by atoms with E-state index in [0.717, 1.165) is 24.3 Å². The number of anilines is 2. The number of ether oxygens (including phenoxy) is 2. The predicted octanol–water partition coefficient (Wildman–Crippen LogP) is 1.25. The number of hydrogen-bond acceptors (Lipinski definition) is 5. The topological polar surface area (TPSA) is 64.8 Å². The quantitative estimate of drug-likeness (QED) is 0.829. The van der Waals surface area contributed by atoms with E-state index in [9.17, 15) is 4.79 Å². The van der Waals surface area contributed by atoms with Gasteiger partial charge in [0.15, 0.2) is 0 Å². The predicted molar refractivity (Wildman–Crippen MR) is 74.8 cm³/mol. The van der Waals surface area contributed by atoms with Gasteiger partial charge >= 0.3 is 0 Å². The van der Waals surface area contributed by atoms with Crippen LogP contribution in [-0.4, -0.2) is 39.2 Å². The highest BCUT2D eigenvalue weighted by Crippen LogP contribution is 2.32. The minimum Gasteiger partial charge on any atom is -0.496 e. The largest absolute Gasteiger partial charge is 0.496 e. The molecule has 0 amide bonds. The molecule has 5 nitrogen and oxygen atoms in total. The lowest BCUT2D eigenvalue weighted by Gasteiger charge is -2.30. The fourth-order valence-electron chi connectivity index (χ4n) is 2.31. The number of Topliss-reactive ketones (excluding diaryl/α,β-unsaturated/α-hetero) is 1. The first-order valence-corrected chi connectivity index (χ1v) is 6.40. The molecule has 1 aromatic carbocycles. The molecule has 1 heterocycles. The van der Waals surface area contributed by atoms with Gasteiger partial charge in [0.25, 0.3) is 0 Å². The third kappa shape index (κ3) is 3.17. The third-order valence-corrected chi connectivity index (χ3v) is 3.22. The fraction of sp³-hybridized carbons (Fsp3) is 0.500. The molecule has 0 aromatic heterocycles. The van der Waals surface area contributed by atoms with Crippen LogP contribution in [0.1, 0.15) is 12.5 Å². The van der Waals surface area contributed by atoms with E-state index in [1.54, 1.807) is 14.0 Å². The van der Waals surface area contributed by atoms with Crippen molar-refractivity contribution >= 4 is 17.2 Å². The Morgan fingerprint density at radius 2 is 2.11 bits per heavy atom. The zero-order chi connectivity index (χ0) is 13.8. The molecule has 0 bridgehead atoms. The highest BCUT2D eigenvalue weighted by atomic mass is 16.5. The number of carbonyl (C=O) groups excluding carboxylic acids is 1. The molecule has 0 unspecified atom stereocenters. The maximum absolute atomic E-state index is 11.3. The van der Waals surface area contributed by atoms with Gasteiger partial charge in [0.05, 0.1) is 31.7 Å². The van der Waals surface area contributed by atoms with Gasteiger partial charge in [0.2, 0.25) is 0 Å². The highest BCUT2D eigenvalue weighted by Gasteiger charge is 2.17. The van der Waals surface area contributed by atoms with Gasteiger partial charge in [-0.05, 0) is 13.0 Å². The van der Waals surface area contributed by atoms with Crippen LogP contribution in [0.5, 0.6) is 5.75 Å². The normalized spacial score (nSPS) is 15.4. The first kappa shape index (κ1) is 13.7. The average molecular weight is 264 g/mol. The molecule has 1 aliphatic rings. The molecule has 104 valence electrons. The van der Waals surface area contributed by atoms with Crippen LogP contribution in [-0.2, 0) is 16.0 Å². The van der Waals surface area contributed by atoms with E-state index in [4.69, 9.17) is 15.2 Å². The fourth-order valence-corrected chi connectivity index (χ4v) is 2.31. The molecule has 0 saturated carbocycles. The van der Waals surface area contributed by atoms with Crippen LogP contribution in [0.4, 0.5) is 11.4 Å². The van der Waals surface area contributed by atoms with Gasteiger partial charge in [-0.3, -0.25) is 4.79 Å². The van der Waals surface area contributed by atoms with Gasteiger partial charge in [0, 0.05) is 31.1 Å². The third-order valence-electron chi connectivity index (χ3n) is 3.22. The molecular formula is C14H20N2O3. The molecule has 0 aliphatic carbocycles. The maximum Gasteiger partial charge on any atom is 0.134 e. The lowest BCUT2D eigenvalue weighted by molar-refractivity contribution is -0.116. The van der Waals surface area contributed by atoms with Gasteiger partial charge in [-0.1, -0.05) is 0 Å². The Balaban J connectivity index is 2.32. The van der Waals surface area contributed by atoms with E-state index < -0.39 is 0 Å². The SMILES string of the molecule is COc1cc(N2CCOCC2)c(N)cc1CC(C)=O. The minimum absolute atomic E-state index is 0.0943. The summed E-state index contributed by atoms with van der Waals surface area (Å²) >= 11 is 0. The molecular weight excluding hydrogens is 244 g/mol. The number of rotatable bonds is 4. The van der Waals surface area contributed by atoms with Crippen LogP contribution < -0.4 is 15.4 Å². The standard InChI is InChI=1S/C14H20N2O3/c1-10(17)7-11-8-12(15)13(9-14(11)18-2)16-3-5-19-6-4-16/h8-9H,3-7,15H2,1-2H3. The Morgan fingerprint density at radius 3 is 2.68 bits per heavy atom. The first-order valence-electron chi connectivity index (χ1n) is 6.40. The van der Waals surface area contributed by atoms with Crippen molar-refractivity contribution in [2.24, 2.45) is 0 Å². The summed E-state index contributed by atoms with van der Waals surface area (Å²) in [7, 11) is 1.61. The summed E-state index contributed by atoms with van der Waals surface area (Å²) in [4.78, 5) is 13.4. The summed E-state index contributed by atoms with van der Waals surface area (Å²) < 4.78 is 10.7. The van der Waals surface area contributed by atoms with Gasteiger partial charge in [-0.25, -0.2) is 0 Å². The van der Waals surface area contributed by atoms with Crippen molar-refractivity contribution in [3.05, 3.63) is 17.7 Å². The minimum atomic E-state index is 0.0943. The number of nitrogens with zero attached hydrogens (tertiary/aromatic N) is 1. The second-order valence-corrected chi connectivity index (χ2v) is 4.70. The summed E-state index contributed by atoms with van der Waals surface area (Å²) in [6, 6.07) is 3.75. The zero-order valence-corrected chi connectivity index (χ0v) is 11.4. The Kier molecular flexibility index (Phi) is 4.27. The van der Waals surface area contributed by atoms with E-state index in [0.29, 0.717) is 31.1 Å². The monoisotopic (exact) mass is 264 g/mol. The van der Waals surface area contributed by atoms with E-state index in [-0.39, 0.29) is 5.78 Å². The van der Waals surface area contributed by atoms with Gasteiger partial charge in [0.1, 0.15) is 11.5 Å². The van der Waals surface area contributed by atoms with Crippen LogP contribution in [0.25, 0.3) is 0 Å². The number of carbonyl (C=O) groups is 1. The molecule has 1 fully saturated rings. The zero-order valence-electron chi connectivity index (χ0n) is 11.4. The highest BCUT2D eigenvalue weighted by molar-refractivity contribution is 5.81. The molecule has 5 heteroatoms. The van der Waals surface area contributed by atoms with Crippen molar-refractivity contribution in [2.45, 2.75) is 13.3 Å². The second kappa shape index (κ2) is 5.93. The molecule has 1 aromatic rings. The second-order valence-electron chi connectivity index (χ2n) is 4.70. The number of morpholine rings is 1. The van der Waals surface area contributed by atoms with Crippen molar-refractivity contribution in [1.29, 1.82) is 0 Å². The van der Waals surface area contributed by atoms with Crippen LogP contribution in [0.15, 0.2) is 12.1 Å². The summed E-state index contributed by atoms with van der Waals surface area (Å²) in [5, 5.41) is 0. The van der Waals surface area contributed by atoms with Crippen molar-refractivity contribution in [2.75, 3.05) is 44.0 Å². The Morgan fingerprint density at radius 1 is 1.42 bits per heavy atom. The Labute approximate surface area is 113 Å². The number of ketones is 1. The number of nitrogen functional groups attached to an aromatic ring is 1. The lowest BCUT2D eigenvalue weighted by Crippen LogP contribution is -2.36. The van der Waals surface area contributed by atoms with Crippen LogP contribution in [0, 0.1) is 0 Å². The van der Waals surface area contributed by atoms with Gasteiger partial charge in [-0.15, -0.1) is 0 Å². The summed E-state index contributed by atoms with van der Waals surface area (Å²) in [6.07, 6.45) is 0.344. The first-order chi connectivity index (χ1) is 9.11. The van der Waals surface area contributed by atoms with Crippen molar-refractivity contribution in [3.8, 4) is 5.75 Å². The maximum atomic E-state index is 11.3. The number of benzene rings is 1. The molecule has 1 saturated heterocycles. The molecule has 1 aliphatic heterocycles. The van der Waals surface area contributed by atoms with E-state index >= 15 is 0 Å². The van der Waals surface area contributed by atoms with Crippen LogP contribution in [0.3, 0.4) is 0 Å². The van der Waals surface area contributed by atoms with E-state index in [1.807, 2.05) is 12.1 Å². The van der Waals surface area contributed by atoms with E-state index in [1.165, 1.54) is 0 Å². The van der Waals surface area contributed by atoms with Crippen molar-refractivity contribution in [1.82, 2.24) is 0 Å². The smallest absolute Gasteiger partial charge is 0.134 e. The summed E-state index contributed by atoms with van der Waals surface area (Å²) in [5.74, 6) is 0.808. The Bertz CT molecular complexity index is 468. The number of nitrogens with two attached hydrogens (primary N) is 1. The molecule has 2 rings (SSSR count). The van der Waals surface area contributed by atoms with Crippen LogP contribution >= 0.6 is 0 Å². The van der Waals surface area contributed by atoms with Crippen molar-refractivity contribution < 1.29 is 14.3 Å². The van der Waals surface area contributed by atoms with Gasteiger partial charge in [-0.2, -0.15) is 0 Å². The number of hydrogen-bond donors (Lipinski definition) is 1. The molecule has 0 radical (unpaired) electrons. The van der Waals surface area contributed by atoms with Crippen molar-refractivity contribution in [3.63, 3.8) is 0 Å². The molecule has 0 spiro atoms. The van der Waals surface area contributed by atoms with E-state index in [2.05, 4.69) is 4.90 Å². The average Bonchev–Trinajstić information content (AvgIpc) is 2.39. The van der Waals surface area contributed by atoms with Gasteiger partial charge < -0.3 is 20.1 Å². The Hall–Kier alpha value is -1.75. The summed E-state index contributed by atoms with van der Waals surface area (Å²) in [5.41, 5.74) is 8.57. The molecule has 0 atom stereocenters. The molecule has 2 N–H and O–H groups in total. The summed E-state index contributed by atoms with van der Waals surface area (Å²) in [6.45, 7) is 4.61. The lowest BCUT2D eigenvalue weighted by atomic mass is 10.1. The number of methoxy groups -OCH3 is 1.